The Balaban J connectivity index is 1.18. The number of halogens is 2. The van der Waals surface area contributed by atoms with Crippen LogP contribution < -0.4 is 5.69 Å². The summed E-state index contributed by atoms with van der Waals surface area (Å²) in [6, 6.07) is 10.5. The number of H-pyrrole nitrogens is 1. The molecule has 39 heavy (non-hydrogen) atoms. The standard InChI is InChI=1S/C28H25F2N5O4/c29-20-6-1-4-17(23(20)30)18-8-9-22(24-19(25(18)36)5-2-12-31-24)39-28(38)34-14-10-16(11-15-34)35-21-7-3-13-32-26(21)33-27(35)37/h1-7,12-13,16,18,22H,8-11,14-15H2,(H,32,33,37)/t18-,22+/m0/s1. The maximum atomic E-state index is 14.6. The van der Waals surface area contributed by atoms with E-state index in [4.69, 9.17) is 4.74 Å². The fourth-order valence-corrected chi connectivity index (χ4v) is 5.68. The number of ketones is 1. The molecule has 4 heterocycles. The van der Waals surface area contributed by atoms with Crippen molar-refractivity contribution < 1.29 is 23.1 Å². The number of carbonyl (C=O) groups excluding carboxylic acids is 2. The number of ether oxygens (including phenoxy) is 1. The largest absolute Gasteiger partial charge is 0.440 e. The highest BCUT2D eigenvalue weighted by molar-refractivity contribution is 6.02. The van der Waals surface area contributed by atoms with Gasteiger partial charge in [-0.25, -0.2) is 23.4 Å². The van der Waals surface area contributed by atoms with Crippen molar-refractivity contribution in [2.75, 3.05) is 13.1 Å². The number of piperidine rings is 1. The van der Waals surface area contributed by atoms with Crippen LogP contribution in [0.15, 0.2) is 59.7 Å². The molecule has 6 rings (SSSR count). The van der Waals surface area contributed by atoms with E-state index in [0.29, 0.717) is 37.3 Å². The van der Waals surface area contributed by atoms with Gasteiger partial charge in [-0.2, -0.15) is 0 Å². The van der Waals surface area contributed by atoms with Gasteiger partial charge in [0.2, 0.25) is 0 Å². The lowest BCUT2D eigenvalue weighted by atomic mass is 9.88. The lowest BCUT2D eigenvalue weighted by Gasteiger charge is -2.32. The Kier molecular flexibility index (Phi) is 6.41. The predicted molar refractivity (Wildman–Crippen MR) is 136 cm³/mol. The number of benzene rings is 1. The SMILES string of the molecule is O=C1c2cccnc2[C@H](OC(=O)N2CCC(n3c(=O)[nH]c4ncccc43)CC2)CC[C@H]1c1cccc(F)c1F. The fourth-order valence-electron chi connectivity index (χ4n) is 5.68. The molecule has 1 aliphatic carbocycles. The first kappa shape index (κ1) is 24.9. The van der Waals surface area contributed by atoms with E-state index in [1.807, 2.05) is 6.07 Å². The first-order chi connectivity index (χ1) is 18.9. The van der Waals surface area contributed by atoms with Crippen molar-refractivity contribution in [3.05, 3.63) is 93.8 Å². The zero-order chi connectivity index (χ0) is 27.1. The third-order valence-electron chi connectivity index (χ3n) is 7.62. The van der Waals surface area contributed by atoms with Crippen LogP contribution in [0.4, 0.5) is 13.6 Å². The number of rotatable bonds is 3. The van der Waals surface area contributed by atoms with Gasteiger partial charge in [0.1, 0.15) is 6.10 Å². The molecule has 4 aromatic rings. The van der Waals surface area contributed by atoms with Gasteiger partial charge in [-0.1, -0.05) is 12.1 Å². The monoisotopic (exact) mass is 533 g/mol. The van der Waals surface area contributed by atoms with Gasteiger partial charge < -0.3 is 9.64 Å². The van der Waals surface area contributed by atoms with Crippen molar-refractivity contribution in [1.29, 1.82) is 0 Å². The molecular formula is C28H25F2N5O4. The van der Waals surface area contributed by atoms with Gasteiger partial charge in [-0.15, -0.1) is 0 Å². The number of hydrogen-bond acceptors (Lipinski definition) is 6. The third kappa shape index (κ3) is 4.47. The molecule has 2 atom stereocenters. The summed E-state index contributed by atoms with van der Waals surface area (Å²) in [4.78, 5) is 52.0. The number of hydrogen-bond donors (Lipinski definition) is 1. The number of nitrogens with one attached hydrogen (secondary N) is 1. The van der Waals surface area contributed by atoms with Gasteiger partial charge in [0.05, 0.1) is 17.1 Å². The molecule has 1 aliphatic heterocycles. The summed E-state index contributed by atoms with van der Waals surface area (Å²) in [7, 11) is 0. The van der Waals surface area contributed by atoms with Crippen molar-refractivity contribution in [3.8, 4) is 0 Å². The smallest absolute Gasteiger partial charge is 0.410 e. The van der Waals surface area contributed by atoms with Gasteiger partial charge in [0.15, 0.2) is 23.1 Å². The third-order valence-corrected chi connectivity index (χ3v) is 7.62. The maximum absolute atomic E-state index is 14.6. The highest BCUT2D eigenvalue weighted by Crippen LogP contribution is 2.38. The van der Waals surface area contributed by atoms with E-state index in [-0.39, 0.29) is 41.5 Å². The molecule has 2 aliphatic rings. The summed E-state index contributed by atoms with van der Waals surface area (Å²) in [5.74, 6) is -3.38. The molecule has 3 aromatic heterocycles. The van der Waals surface area contributed by atoms with Crippen LogP contribution in [0, 0.1) is 11.6 Å². The molecule has 1 fully saturated rings. The zero-order valence-corrected chi connectivity index (χ0v) is 20.8. The molecule has 11 heteroatoms. The Hall–Kier alpha value is -4.41. The Morgan fingerprint density at radius 1 is 0.949 bits per heavy atom. The second-order valence-corrected chi connectivity index (χ2v) is 9.84. The van der Waals surface area contributed by atoms with E-state index in [1.54, 1.807) is 33.9 Å². The quantitative estimate of drug-likeness (QED) is 0.383. The maximum Gasteiger partial charge on any atom is 0.410 e. The van der Waals surface area contributed by atoms with E-state index in [9.17, 15) is 23.2 Å². The molecule has 1 saturated heterocycles. The topological polar surface area (TPSA) is 110 Å². The Labute approximate surface area is 221 Å². The molecule has 0 saturated carbocycles. The van der Waals surface area contributed by atoms with Gasteiger partial charge in [0.25, 0.3) is 0 Å². The van der Waals surface area contributed by atoms with Crippen LogP contribution in [-0.4, -0.2) is 49.4 Å². The number of fused-ring (bicyclic) bond motifs is 2. The Morgan fingerprint density at radius 3 is 2.54 bits per heavy atom. The van der Waals surface area contributed by atoms with Crippen LogP contribution in [0.2, 0.25) is 0 Å². The van der Waals surface area contributed by atoms with Crippen molar-refractivity contribution in [3.63, 3.8) is 0 Å². The molecular weight excluding hydrogens is 508 g/mol. The molecule has 9 nitrogen and oxygen atoms in total. The number of aromatic nitrogens is 4. The first-order valence-corrected chi connectivity index (χ1v) is 12.9. The van der Waals surface area contributed by atoms with Crippen molar-refractivity contribution in [1.82, 2.24) is 24.4 Å². The molecule has 0 unspecified atom stereocenters. The predicted octanol–water partition coefficient (Wildman–Crippen LogP) is 4.67. The van der Waals surface area contributed by atoms with E-state index in [2.05, 4.69) is 15.0 Å². The number of pyridine rings is 2. The van der Waals surface area contributed by atoms with Crippen LogP contribution in [0.5, 0.6) is 0 Å². The minimum atomic E-state index is -1.05. The summed E-state index contributed by atoms with van der Waals surface area (Å²) in [5.41, 5.74) is 1.52. The van der Waals surface area contributed by atoms with Gasteiger partial charge in [-0.3, -0.25) is 19.3 Å². The molecule has 1 aromatic carbocycles. The molecule has 1 amide bonds. The lowest BCUT2D eigenvalue weighted by Crippen LogP contribution is -2.41. The van der Waals surface area contributed by atoms with Crippen LogP contribution in [0.25, 0.3) is 11.2 Å². The zero-order valence-electron chi connectivity index (χ0n) is 20.8. The molecule has 1 N–H and O–H groups in total. The van der Waals surface area contributed by atoms with Crippen LogP contribution in [-0.2, 0) is 4.74 Å². The average molecular weight is 534 g/mol. The Bertz CT molecular complexity index is 1630. The Morgan fingerprint density at radius 2 is 1.72 bits per heavy atom. The van der Waals surface area contributed by atoms with Crippen LogP contribution in [0.3, 0.4) is 0 Å². The number of likely N-dealkylation sites (tertiary alicyclic amines) is 1. The first-order valence-electron chi connectivity index (χ1n) is 12.9. The van der Waals surface area contributed by atoms with Crippen molar-refractivity contribution >= 4 is 23.0 Å². The van der Waals surface area contributed by atoms with E-state index in [1.165, 1.54) is 18.3 Å². The second kappa shape index (κ2) is 10.0. The molecule has 0 spiro atoms. The minimum Gasteiger partial charge on any atom is -0.440 e. The molecule has 0 bridgehead atoms. The normalized spacial score (nSPS) is 20.1. The molecule has 200 valence electrons. The van der Waals surface area contributed by atoms with Crippen molar-refractivity contribution in [2.45, 2.75) is 43.7 Å². The number of imidazole rings is 1. The molecule has 0 radical (unpaired) electrons. The lowest BCUT2D eigenvalue weighted by molar-refractivity contribution is 0.0473. The number of carbonyl (C=O) groups is 2. The summed E-state index contributed by atoms with van der Waals surface area (Å²) in [6.07, 6.45) is 3.24. The number of aromatic amines is 1. The highest BCUT2D eigenvalue weighted by atomic mass is 19.2. The minimum absolute atomic E-state index is 0.0217. The van der Waals surface area contributed by atoms with Crippen LogP contribution in [0.1, 0.15) is 65.4 Å². The van der Waals surface area contributed by atoms with Gasteiger partial charge in [0, 0.05) is 42.7 Å². The van der Waals surface area contributed by atoms with E-state index < -0.39 is 29.7 Å². The van der Waals surface area contributed by atoms with Crippen LogP contribution >= 0.6 is 0 Å². The highest BCUT2D eigenvalue weighted by Gasteiger charge is 2.36. The summed E-state index contributed by atoms with van der Waals surface area (Å²) < 4.78 is 36.1. The summed E-state index contributed by atoms with van der Waals surface area (Å²) >= 11 is 0. The fraction of sp³-hybridized carbons (Fsp3) is 0.321. The number of Topliss-reactive ketones (excluding diaryl/α,β-unsaturated/α-hetero) is 1. The average Bonchev–Trinajstić information content (AvgIpc) is 3.23. The number of amides is 1. The van der Waals surface area contributed by atoms with E-state index >= 15 is 0 Å². The summed E-state index contributed by atoms with van der Waals surface area (Å²) in [5, 5.41) is 0. The van der Waals surface area contributed by atoms with Gasteiger partial charge in [-0.05, 0) is 56.0 Å². The number of nitrogens with zero attached hydrogens (tertiary/aromatic N) is 4. The van der Waals surface area contributed by atoms with Gasteiger partial charge >= 0.3 is 11.8 Å². The summed E-state index contributed by atoms with van der Waals surface area (Å²) in [6.45, 7) is 0.751. The van der Waals surface area contributed by atoms with Crippen molar-refractivity contribution in [2.24, 2.45) is 0 Å². The second-order valence-electron chi connectivity index (χ2n) is 9.84. The van der Waals surface area contributed by atoms with E-state index in [0.717, 1.165) is 11.6 Å².